The molecule has 4 heteroatoms. The van der Waals surface area contributed by atoms with Crippen LogP contribution in [0.5, 0.6) is 0 Å². The van der Waals surface area contributed by atoms with Gasteiger partial charge in [0.05, 0.1) is 4.90 Å². The third-order valence-electron chi connectivity index (χ3n) is 3.83. The number of hydrogen-bond donors (Lipinski definition) is 1. The Morgan fingerprint density at radius 3 is 2.47 bits per heavy atom. The Labute approximate surface area is 116 Å². The van der Waals surface area contributed by atoms with Crippen LogP contribution < -0.4 is 5.32 Å². The fraction of sp³-hybridized carbons (Fsp3) is 0.600. The van der Waals surface area contributed by atoms with Crippen molar-refractivity contribution >= 4 is 15.5 Å². The van der Waals surface area contributed by atoms with Gasteiger partial charge in [0.2, 0.25) is 0 Å². The van der Waals surface area contributed by atoms with E-state index in [9.17, 15) is 8.42 Å². The predicted octanol–water partition coefficient (Wildman–Crippen LogP) is 3.47. The molecule has 0 heterocycles. The van der Waals surface area contributed by atoms with Gasteiger partial charge in [-0.3, -0.25) is 0 Å². The van der Waals surface area contributed by atoms with Crippen molar-refractivity contribution in [1.29, 1.82) is 0 Å². The Hall–Kier alpha value is -1.03. The summed E-state index contributed by atoms with van der Waals surface area (Å²) in [6.07, 6.45) is 9.21. The summed E-state index contributed by atoms with van der Waals surface area (Å²) in [5.74, 6) is 0.726. The largest absolute Gasteiger partial charge is 0.385 e. The van der Waals surface area contributed by atoms with E-state index in [-0.39, 0.29) is 0 Å². The van der Waals surface area contributed by atoms with E-state index in [2.05, 4.69) is 5.32 Å². The number of nitrogens with one attached hydrogen (secondary N) is 1. The summed E-state index contributed by atoms with van der Waals surface area (Å²) in [6, 6.07) is 7.11. The van der Waals surface area contributed by atoms with E-state index in [1.807, 2.05) is 6.07 Å². The second kappa shape index (κ2) is 6.42. The monoisotopic (exact) mass is 281 g/mol. The Kier molecular flexibility index (Phi) is 4.86. The van der Waals surface area contributed by atoms with Gasteiger partial charge < -0.3 is 5.32 Å². The zero-order chi connectivity index (χ0) is 13.7. The molecule has 0 spiro atoms. The number of hydrogen-bond acceptors (Lipinski definition) is 3. The first-order valence-corrected chi connectivity index (χ1v) is 8.99. The molecule has 0 aromatic heterocycles. The van der Waals surface area contributed by atoms with E-state index in [1.54, 1.807) is 18.2 Å². The third-order valence-corrected chi connectivity index (χ3v) is 4.94. The van der Waals surface area contributed by atoms with Gasteiger partial charge >= 0.3 is 0 Å². The highest BCUT2D eigenvalue weighted by Crippen LogP contribution is 2.23. The van der Waals surface area contributed by atoms with E-state index < -0.39 is 9.84 Å². The fourth-order valence-corrected chi connectivity index (χ4v) is 3.33. The highest BCUT2D eigenvalue weighted by molar-refractivity contribution is 7.90. The van der Waals surface area contributed by atoms with Crippen LogP contribution in [0.15, 0.2) is 29.2 Å². The molecule has 2 rings (SSSR count). The summed E-state index contributed by atoms with van der Waals surface area (Å²) >= 11 is 0. The summed E-state index contributed by atoms with van der Waals surface area (Å²) in [7, 11) is -3.11. The van der Waals surface area contributed by atoms with Crippen LogP contribution in [0.4, 0.5) is 5.69 Å². The van der Waals surface area contributed by atoms with E-state index >= 15 is 0 Å². The van der Waals surface area contributed by atoms with Gasteiger partial charge in [0.1, 0.15) is 0 Å². The summed E-state index contributed by atoms with van der Waals surface area (Å²) in [5.41, 5.74) is 0.909. The molecule has 0 atom stereocenters. The first kappa shape index (κ1) is 14.4. The molecule has 0 unspecified atom stereocenters. The smallest absolute Gasteiger partial charge is 0.175 e. The second-order valence-electron chi connectivity index (χ2n) is 5.54. The van der Waals surface area contributed by atoms with Crippen LogP contribution >= 0.6 is 0 Å². The fourth-order valence-electron chi connectivity index (χ4n) is 2.67. The predicted molar refractivity (Wildman–Crippen MR) is 79.2 cm³/mol. The number of rotatable bonds is 4. The van der Waals surface area contributed by atoms with E-state index in [4.69, 9.17) is 0 Å². The average molecular weight is 281 g/mol. The first-order chi connectivity index (χ1) is 9.05. The number of sulfone groups is 1. The second-order valence-corrected chi connectivity index (χ2v) is 7.55. The molecule has 1 saturated carbocycles. The highest BCUT2D eigenvalue weighted by Gasteiger charge is 2.12. The van der Waals surface area contributed by atoms with Crippen molar-refractivity contribution in [2.24, 2.45) is 5.92 Å². The molecule has 3 nitrogen and oxygen atoms in total. The van der Waals surface area contributed by atoms with Gasteiger partial charge in [-0.05, 0) is 37.0 Å². The summed E-state index contributed by atoms with van der Waals surface area (Å²) in [4.78, 5) is 0.387. The molecule has 0 amide bonds. The highest BCUT2D eigenvalue weighted by atomic mass is 32.2. The topological polar surface area (TPSA) is 46.2 Å². The maximum absolute atomic E-state index is 11.5. The van der Waals surface area contributed by atoms with Crippen LogP contribution in [-0.2, 0) is 9.84 Å². The van der Waals surface area contributed by atoms with Crippen LogP contribution in [0.2, 0.25) is 0 Å². The van der Waals surface area contributed by atoms with E-state index in [1.165, 1.54) is 44.8 Å². The molecule has 0 saturated heterocycles. The lowest BCUT2D eigenvalue weighted by Crippen LogP contribution is -2.13. The van der Waals surface area contributed by atoms with Crippen molar-refractivity contribution in [3.8, 4) is 0 Å². The molecule has 1 aromatic carbocycles. The van der Waals surface area contributed by atoms with Crippen molar-refractivity contribution in [3.05, 3.63) is 24.3 Å². The summed E-state index contributed by atoms with van der Waals surface area (Å²) in [5, 5.41) is 3.39. The van der Waals surface area contributed by atoms with Gasteiger partial charge in [0, 0.05) is 18.5 Å². The standard InChI is InChI=1S/C15H23NO2S/c1-19(17,18)15-10-6-9-14(11-15)16-12-13-7-4-2-3-5-8-13/h6,9-11,13,16H,2-5,7-8,12H2,1H3. The van der Waals surface area contributed by atoms with Crippen molar-refractivity contribution in [3.63, 3.8) is 0 Å². The minimum absolute atomic E-state index is 0.387. The van der Waals surface area contributed by atoms with E-state index in [0.717, 1.165) is 18.2 Å². The Morgan fingerprint density at radius 2 is 1.84 bits per heavy atom. The molecule has 1 N–H and O–H groups in total. The molecule has 1 aliphatic rings. The average Bonchev–Trinajstić information content (AvgIpc) is 2.64. The molecule has 1 fully saturated rings. The maximum Gasteiger partial charge on any atom is 0.175 e. The minimum Gasteiger partial charge on any atom is -0.385 e. The van der Waals surface area contributed by atoms with Crippen molar-refractivity contribution < 1.29 is 8.42 Å². The lowest BCUT2D eigenvalue weighted by molar-refractivity contribution is 0.483. The van der Waals surface area contributed by atoms with Gasteiger partial charge in [-0.25, -0.2) is 8.42 Å². The lowest BCUT2D eigenvalue weighted by atomic mass is 10.0. The molecule has 106 valence electrons. The van der Waals surface area contributed by atoms with Gasteiger partial charge in [0.15, 0.2) is 9.84 Å². The zero-order valence-electron chi connectivity index (χ0n) is 11.6. The maximum atomic E-state index is 11.5. The van der Waals surface area contributed by atoms with Crippen LogP contribution in [0.3, 0.4) is 0 Å². The molecule has 0 bridgehead atoms. The zero-order valence-corrected chi connectivity index (χ0v) is 12.4. The normalized spacial score (nSPS) is 17.9. The quantitative estimate of drug-likeness (QED) is 0.860. The number of anilines is 1. The van der Waals surface area contributed by atoms with Crippen LogP contribution in [0.1, 0.15) is 38.5 Å². The summed E-state index contributed by atoms with van der Waals surface area (Å²) in [6.45, 7) is 0.952. The molecular weight excluding hydrogens is 258 g/mol. The van der Waals surface area contributed by atoms with Gasteiger partial charge in [-0.15, -0.1) is 0 Å². The van der Waals surface area contributed by atoms with Crippen molar-refractivity contribution in [2.45, 2.75) is 43.4 Å². The minimum atomic E-state index is -3.11. The van der Waals surface area contributed by atoms with Crippen molar-refractivity contribution in [1.82, 2.24) is 0 Å². The van der Waals surface area contributed by atoms with Gasteiger partial charge in [-0.1, -0.05) is 31.7 Å². The molecule has 0 radical (unpaired) electrons. The van der Waals surface area contributed by atoms with Crippen LogP contribution in [0, 0.1) is 5.92 Å². The molecular formula is C15H23NO2S. The molecule has 1 aromatic rings. The first-order valence-electron chi connectivity index (χ1n) is 7.10. The van der Waals surface area contributed by atoms with Gasteiger partial charge in [-0.2, -0.15) is 0 Å². The Bertz CT molecular complexity index is 503. The third kappa shape index (κ3) is 4.53. The lowest BCUT2D eigenvalue weighted by Gasteiger charge is -2.16. The molecule has 0 aliphatic heterocycles. The SMILES string of the molecule is CS(=O)(=O)c1cccc(NCC2CCCCCC2)c1. The molecule has 1 aliphatic carbocycles. The number of benzene rings is 1. The van der Waals surface area contributed by atoms with Gasteiger partial charge in [0.25, 0.3) is 0 Å². The van der Waals surface area contributed by atoms with E-state index in [0.29, 0.717) is 4.90 Å². The summed E-state index contributed by atoms with van der Waals surface area (Å²) < 4.78 is 23.0. The van der Waals surface area contributed by atoms with Crippen LogP contribution in [0.25, 0.3) is 0 Å². The Balaban J connectivity index is 1.95. The van der Waals surface area contributed by atoms with Crippen molar-refractivity contribution in [2.75, 3.05) is 18.1 Å². The Morgan fingerprint density at radius 1 is 1.16 bits per heavy atom. The molecule has 19 heavy (non-hydrogen) atoms. The van der Waals surface area contributed by atoms with Crippen LogP contribution in [-0.4, -0.2) is 21.2 Å².